The molecule has 2 aliphatic carbocycles. The summed E-state index contributed by atoms with van der Waals surface area (Å²) in [4.78, 5) is 0. The van der Waals surface area contributed by atoms with Crippen molar-refractivity contribution in [2.45, 2.75) is 158 Å². The fourth-order valence-electron chi connectivity index (χ4n) is 17.1. The van der Waals surface area contributed by atoms with Crippen LogP contribution in [0.15, 0.2) is 267 Å². The molecule has 0 fully saturated rings. The summed E-state index contributed by atoms with van der Waals surface area (Å²) in [6.07, 6.45) is 11.5. The first-order chi connectivity index (χ1) is 59.2. The fourth-order valence-corrected chi connectivity index (χ4v) is 21.9. The minimum atomic E-state index is -0.978. The summed E-state index contributed by atoms with van der Waals surface area (Å²) < 4.78 is 57.4. The van der Waals surface area contributed by atoms with E-state index in [2.05, 4.69) is 322 Å². The van der Waals surface area contributed by atoms with Gasteiger partial charge in [0, 0.05) is 51.4 Å². The van der Waals surface area contributed by atoms with E-state index in [9.17, 15) is 0 Å². The van der Waals surface area contributed by atoms with Crippen molar-refractivity contribution in [3.8, 4) is 68.2 Å². The molecule has 0 aromatic heterocycles. The highest BCUT2D eigenvalue weighted by atomic mass is 31.1. The summed E-state index contributed by atoms with van der Waals surface area (Å²) in [5.41, 5.74) is 22.3. The van der Waals surface area contributed by atoms with Crippen LogP contribution in [-0.2, 0) is 51.4 Å². The predicted molar refractivity (Wildman–Crippen MR) is 502 cm³/mol. The third-order valence-corrected chi connectivity index (χ3v) is 27.2. The first-order valence-electron chi connectivity index (χ1n) is 44.2. The summed E-state index contributed by atoms with van der Waals surface area (Å²) in [6.45, 7) is 22.2. The monoisotopic (exact) mass is 1630 g/mol. The van der Waals surface area contributed by atoms with E-state index in [1.54, 1.807) is 0 Å². The Morgan fingerprint density at radius 1 is 0.167 bits per heavy atom. The molecule has 0 atom stereocenters. The largest absolute Gasteiger partial charge is 0.493 e. The Balaban J connectivity index is 0.906. The highest BCUT2D eigenvalue weighted by molar-refractivity contribution is 7.80. The van der Waals surface area contributed by atoms with Gasteiger partial charge in [0.15, 0.2) is 0 Å². The molecule has 0 unspecified atom stereocenters. The van der Waals surface area contributed by atoms with Gasteiger partial charge in [-0.25, -0.2) is 0 Å². The van der Waals surface area contributed by atoms with Crippen LogP contribution in [0.5, 0.6) is 46.0 Å². The lowest BCUT2D eigenvalue weighted by molar-refractivity contribution is 0.304. The molecule has 0 radical (unpaired) electrons. The Morgan fingerprint density at radius 2 is 0.342 bits per heavy atom. The van der Waals surface area contributed by atoms with Crippen LogP contribution >= 0.6 is 15.8 Å². The van der Waals surface area contributed by atoms with Crippen molar-refractivity contribution in [3.05, 3.63) is 356 Å². The SMILES string of the molecule is CCCOc1c2cccc1Cc1cc(P(c3ccccc3)c3ccccc3)cc(c1OCCC)Cc1cccc(c1OCCC)Cc1cc(-c3cccc(-c4cc5c(OCCC)c(c4)Cc4cccc(c4OCCC)Cc4cc(P(c6ccccc6)c6ccccc6)cc(c4OCCC)Cc4cccc(c4OCCC)C5)c3)cc(c1OCCC)C2. The minimum absolute atomic E-state index is 0.559. The van der Waals surface area contributed by atoms with E-state index in [1.165, 1.54) is 31.8 Å². The summed E-state index contributed by atoms with van der Waals surface area (Å²) >= 11 is 0. The van der Waals surface area contributed by atoms with Crippen LogP contribution in [0.1, 0.15) is 196 Å². The van der Waals surface area contributed by atoms with E-state index >= 15 is 0 Å². The standard InChI is InChI=1S/C110H116O8P2/c1-9-52-111-103-79-36-30-40-83(103)65-93-73-101(119(97-44-21-17-22-45-97)98-46-23-18-24-47-98)74-94(109(93)117-58-15-7)66-84-41-31-37-80(104(84)112-53-10-2)62-90-70-87(69-89(61-79)107(90)115-56-13-5)77-34-29-35-78(60-77)88-71-91-63-81-38-32-42-85(105(81)113-54-11-3)67-95-75-102(120(99-48-25-19-26-49-99)100-50-27-20-28-51-100)76-96(110(95)118-59-16-8)68-86-43-33-39-82(106(86)114-55-12-4)64-92(72-88)108(91)116-57-14-6/h17-51,60,69-76H,9-16,52-59,61-68H2,1-8H3. The van der Waals surface area contributed by atoms with E-state index in [0.29, 0.717) is 104 Å². The van der Waals surface area contributed by atoms with Crippen LogP contribution in [0.2, 0.25) is 0 Å². The third-order valence-electron chi connectivity index (χ3n) is 22.4. The summed E-state index contributed by atoms with van der Waals surface area (Å²) in [6, 6.07) is 100. The predicted octanol–water partition coefficient (Wildman–Crippen LogP) is 24.2. The molecule has 2 aliphatic rings. The summed E-state index contributed by atoms with van der Waals surface area (Å²) in [7, 11) is -1.96. The third kappa shape index (κ3) is 19.8. The van der Waals surface area contributed by atoms with Gasteiger partial charge in [-0.1, -0.05) is 268 Å². The van der Waals surface area contributed by atoms with E-state index in [1.807, 2.05) is 0 Å². The molecule has 16 bridgehead atoms. The van der Waals surface area contributed by atoms with Gasteiger partial charge >= 0.3 is 0 Å². The van der Waals surface area contributed by atoms with Gasteiger partial charge in [0.25, 0.3) is 0 Å². The van der Waals surface area contributed by atoms with E-state index in [0.717, 1.165) is 209 Å². The lowest BCUT2D eigenvalue weighted by Crippen LogP contribution is -2.22. The van der Waals surface area contributed by atoms with Crippen molar-refractivity contribution in [3.63, 3.8) is 0 Å². The quantitative estimate of drug-likeness (QED) is 0.0386. The van der Waals surface area contributed by atoms with Gasteiger partial charge in [0.05, 0.1) is 52.9 Å². The molecule has 120 heavy (non-hydrogen) atoms. The lowest BCUT2D eigenvalue weighted by atomic mass is 9.88. The van der Waals surface area contributed by atoms with Gasteiger partial charge in [0.1, 0.15) is 46.0 Å². The molecule has 0 aliphatic heterocycles. The molecular weight excluding hydrogens is 1510 g/mol. The van der Waals surface area contributed by atoms with Crippen molar-refractivity contribution in [2.24, 2.45) is 0 Å². The number of rotatable bonds is 32. The smallest absolute Gasteiger partial charge is 0.126 e. The number of fused-ring (bicyclic) bond motifs is 16. The fraction of sp³-hybridized carbons (Fsp3) is 0.291. The molecule has 0 saturated carbocycles. The molecule has 8 nitrogen and oxygen atoms in total. The zero-order valence-corrected chi connectivity index (χ0v) is 73.3. The average molecular weight is 1630 g/mol. The second-order valence-electron chi connectivity index (χ2n) is 31.9. The van der Waals surface area contributed by atoms with Gasteiger partial charge in [0.2, 0.25) is 0 Å². The maximum Gasteiger partial charge on any atom is 0.126 e. The van der Waals surface area contributed by atoms with E-state index in [-0.39, 0.29) is 0 Å². The topological polar surface area (TPSA) is 73.8 Å². The van der Waals surface area contributed by atoms with Crippen LogP contribution in [0.4, 0.5) is 0 Å². The molecule has 10 heteroatoms. The highest BCUT2D eigenvalue weighted by Gasteiger charge is 2.30. The van der Waals surface area contributed by atoms with Crippen molar-refractivity contribution in [1.29, 1.82) is 0 Å². The van der Waals surface area contributed by atoms with Crippen molar-refractivity contribution in [1.82, 2.24) is 0 Å². The molecular formula is C110H116O8P2. The number of hydrogen-bond donors (Lipinski definition) is 0. The Kier molecular flexibility index (Phi) is 29.0. The minimum Gasteiger partial charge on any atom is -0.493 e. The first kappa shape index (κ1) is 84.2. The average Bonchev–Trinajstić information content (AvgIpc) is 0.772. The van der Waals surface area contributed by atoms with Crippen molar-refractivity contribution >= 4 is 47.7 Å². The van der Waals surface area contributed by atoms with Gasteiger partial charge < -0.3 is 37.9 Å². The molecule has 0 saturated heterocycles. The summed E-state index contributed by atoms with van der Waals surface area (Å²) in [5.74, 6) is 7.38. The molecule has 13 aromatic rings. The van der Waals surface area contributed by atoms with Crippen molar-refractivity contribution < 1.29 is 37.9 Å². The van der Waals surface area contributed by atoms with Gasteiger partial charge in [-0.15, -0.1) is 0 Å². The highest BCUT2D eigenvalue weighted by Crippen LogP contribution is 2.47. The molecule has 0 spiro atoms. The molecule has 15 rings (SSSR count). The van der Waals surface area contributed by atoms with Gasteiger partial charge in [-0.2, -0.15) is 0 Å². The number of ether oxygens (including phenoxy) is 8. The van der Waals surface area contributed by atoms with Crippen molar-refractivity contribution in [2.75, 3.05) is 52.9 Å². The van der Waals surface area contributed by atoms with Crippen LogP contribution in [0.25, 0.3) is 22.3 Å². The van der Waals surface area contributed by atoms with Crippen LogP contribution in [0, 0.1) is 0 Å². The number of benzene rings is 13. The van der Waals surface area contributed by atoms with Gasteiger partial charge in [-0.05, 0) is 265 Å². The van der Waals surface area contributed by atoms with Crippen LogP contribution in [-0.4, -0.2) is 52.9 Å². The van der Waals surface area contributed by atoms with E-state index in [4.69, 9.17) is 37.9 Å². The molecule has 13 aromatic carbocycles. The van der Waals surface area contributed by atoms with Gasteiger partial charge in [-0.3, -0.25) is 0 Å². The maximum absolute atomic E-state index is 7.23. The Labute approximate surface area is 716 Å². The lowest BCUT2D eigenvalue weighted by Gasteiger charge is -2.26. The zero-order chi connectivity index (χ0) is 82.5. The normalized spacial score (nSPS) is 12.4. The Hall–Kier alpha value is -10.9. The Bertz CT molecular complexity index is 4960. The summed E-state index contributed by atoms with van der Waals surface area (Å²) in [5, 5.41) is 7.76. The molecule has 0 heterocycles. The molecule has 0 amide bonds. The van der Waals surface area contributed by atoms with E-state index < -0.39 is 15.8 Å². The Morgan fingerprint density at radius 3 is 0.533 bits per heavy atom. The second-order valence-corrected chi connectivity index (χ2v) is 36.3. The second kappa shape index (κ2) is 41.4. The molecule has 614 valence electrons. The number of para-hydroxylation sites is 4. The maximum atomic E-state index is 7.23. The first-order valence-corrected chi connectivity index (χ1v) is 46.8. The molecule has 0 N–H and O–H groups in total. The van der Waals surface area contributed by atoms with Crippen LogP contribution < -0.4 is 69.7 Å². The number of hydrogen-bond acceptors (Lipinski definition) is 8. The zero-order valence-electron chi connectivity index (χ0n) is 71.5. The van der Waals surface area contributed by atoms with Crippen LogP contribution in [0.3, 0.4) is 0 Å².